The van der Waals surface area contributed by atoms with Gasteiger partial charge in [-0.05, 0) is 32.9 Å². The van der Waals surface area contributed by atoms with E-state index in [0.717, 1.165) is 17.0 Å². The maximum atomic E-state index is 12.1. The van der Waals surface area contributed by atoms with Crippen LogP contribution in [0.2, 0.25) is 0 Å². The van der Waals surface area contributed by atoms with Crippen LogP contribution < -0.4 is 5.32 Å². The molecule has 0 aliphatic carbocycles. The Kier molecular flexibility index (Phi) is 4.32. The van der Waals surface area contributed by atoms with Crippen LogP contribution in [0.1, 0.15) is 49.5 Å². The number of aromatic nitrogens is 2. The number of hydrogen-bond acceptors (Lipinski definition) is 5. The van der Waals surface area contributed by atoms with Gasteiger partial charge in [0.1, 0.15) is 15.6 Å². The van der Waals surface area contributed by atoms with E-state index >= 15 is 0 Å². The van der Waals surface area contributed by atoms with Crippen molar-refractivity contribution in [1.82, 2.24) is 15.3 Å². The molecule has 21 heavy (non-hydrogen) atoms. The van der Waals surface area contributed by atoms with Crippen LogP contribution in [0.3, 0.4) is 0 Å². The number of nitrogens with zero attached hydrogens (tertiary/aromatic N) is 2. The highest BCUT2D eigenvalue weighted by Gasteiger charge is 2.20. The second-order valence-electron chi connectivity index (χ2n) is 4.63. The molecule has 0 aliphatic heterocycles. The van der Waals surface area contributed by atoms with E-state index in [1.807, 2.05) is 13.0 Å². The Morgan fingerprint density at radius 3 is 2.57 bits per heavy atom. The average molecular weight is 305 g/mol. The summed E-state index contributed by atoms with van der Waals surface area (Å²) in [5.41, 5.74) is 1.54. The van der Waals surface area contributed by atoms with Gasteiger partial charge in [-0.15, -0.1) is 11.3 Å². The molecule has 0 aromatic carbocycles. The average Bonchev–Trinajstić information content (AvgIpc) is 2.81. The molecule has 0 aliphatic rings. The predicted molar refractivity (Wildman–Crippen MR) is 78.7 cm³/mol. The number of carbonyl (C=O) groups excluding carboxylic acids is 1. The minimum Gasteiger partial charge on any atom is -0.477 e. The summed E-state index contributed by atoms with van der Waals surface area (Å²) >= 11 is 1.07. The lowest BCUT2D eigenvalue weighted by Gasteiger charge is -2.10. The highest BCUT2D eigenvalue weighted by atomic mass is 32.1. The summed E-state index contributed by atoms with van der Waals surface area (Å²) in [7, 11) is 0. The third kappa shape index (κ3) is 3.43. The van der Waals surface area contributed by atoms with Crippen LogP contribution in [0.15, 0.2) is 18.2 Å². The normalized spacial score (nSPS) is 12.0. The summed E-state index contributed by atoms with van der Waals surface area (Å²) in [6.45, 7) is 5.21. The molecule has 0 saturated heterocycles. The quantitative estimate of drug-likeness (QED) is 0.904. The fourth-order valence-electron chi connectivity index (χ4n) is 1.80. The first kappa shape index (κ1) is 15.1. The first-order valence-corrected chi connectivity index (χ1v) is 7.15. The van der Waals surface area contributed by atoms with Crippen molar-refractivity contribution in [2.75, 3.05) is 0 Å². The lowest BCUT2D eigenvalue weighted by atomic mass is 10.2. The number of amides is 1. The van der Waals surface area contributed by atoms with Crippen molar-refractivity contribution in [1.29, 1.82) is 0 Å². The Hall–Kier alpha value is -2.28. The molecule has 2 aromatic rings. The van der Waals surface area contributed by atoms with Gasteiger partial charge in [-0.2, -0.15) is 0 Å². The number of carbonyl (C=O) groups is 2. The van der Waals surface area contributed by atoms with Gasteiger partial charge in [0.05, 0.1) is 11.7 Å². The van der Waals surface area contributed by atoms with Crippen LogP contribution in [0.5, 0.6) is 0 Å². The van der Waals surface area contributed by atoms with E-state index in [1.54, 1.807) is 26.0 Å². The van der Waals surface area contributed by atoms with Gasteiger partial charge in [0, 0.05) is 5.69 Å². The van der Waals surface area contributed by atoms with Gasteiger partial charge in [-0.3, -0.25) is 4.79 Å². The molecular formula is C14H15N3O3S. The second-order valence-corrected chi connectivity index (χ2v) is 5.66. The maximum Gasteiger partial charge on any atom is 0.347 e. The molecule has 110 valence electrons. The molecule has 1 atom stereocenters. The molecule has 2 aromatic heterocycles. The highest BCUT2D eigenvalue weighted by Crippen LogP contribution is 2.23. The van der Waals surface area contributed by atoms with Crippen molar-refractivity contribution in [3.63, 3.8) is 0 Å². The topological polar surface area (TPSA) is 92.2 Å². The molecule has 6 nitrogen and oxygen atoms in total. The monoisotopic (exact) mass is 305 g/mol. The summed E-state index contributed by atoms with van der Waals surface area (Å²) in [4.78, 5) is 31.6. The van der Waals surface area contributed by atoms with Crippen molar-refractivity contribution < 1.29 is 14.7 Å². The van der Waals surface area contributed by atoms with Gasteiger partial charge < -0.3 is 10.4 Å². The summed E-state index contributed by atoms with van der Waals surface area (Å²) in [5.74, 6) is -1.31. The molecule has 7 heteroatoms. The number of pyridine rings is 1. The summed E-state index contributed by atoms with van der Waals surface area (Å²) in [6.07, 6.45) is 0. The van der Waals surface area contributed by atoms with Crippen molar-refractivity contribution in [3.8, 4) is 0 Å². The number of carboxylic acids is 1. The van der Waals surface area contributed by atoms with Gasteiger partial charge in [0.25, 0.3) is 5.91 Å². The molecule has 0 spiro atoms. The predicted octanol–water partition coefficient (Wildman–Crippen LogP) is 2.34. The van der Waals surface area contributed by atoms with Crippen LogP contribution in [0.25, 0.3) is 0 Å². The maximum absolute atomic E-state index is 12.1. The lowest BCUT2D eigenvalue weighted by molar-refractivity contribution is 0.0701. The molecule has 1 amide bonds. The van der Waals surface area contributed by atoms with Gasteiger partial charge in [0.2, 0.25) is 0 Å². The van der Waals surface area contributed by atoms with E-state index < -0.39 is 5.97 Å². The molecule has 0 radical (unpaired) electrons. The Morgan fingerprint density at radius 2 is 2.00 bits per heavy atom. The van der Waals surface area contributed by atoms with Crippen LogP contribution >= 0.6 is 11.3 Å². The summed E-state index contributed by atoms with van der Waals surface area (Å²) in [6, 6.07) is 4.82. The number of carboxylic acid groups (broad SMARTS) is 1. The number of rotatable bonds is 4. The fourth-order valence-corrected chi connectivity index (χ4v) is 2.71. The SMILES string of the molecule is Cc1cccc(C(=O)NC(C)c2nc(C)c(C(=O)O)s2)n1. The fraction of sp³-hybridized carbons (Fsp3) is 0.286. The molecule has 0 bridgehead atoms. The Labute approximate surface area is 125 Å². The Bertz CT molecular complexity index is 697. The molecule has 2 rings (SSSR count). The van der Waals surface area contributed by atoms with Crippen LogP contribution in [-0.4, -0.2) is 27.0 Å². The van der Waals surface area contributed by atoms with E-state index in [1.165, 1.54) is 0 Å². The van der Waals surface area contributed by atoms with Crippen LogP contribution in [-0.2, 0) is 0 Å². The van der Waals surface area contributed by atoms with Gasteiger partial charge in [0.15, 0.2) is 0 Å². The lowest BCUT2D eigenvalue weighted by Crippen LogP contribution is -2.27. The zero-order valence-electron chi connectivity index (χ0n) is 11.9. The molecule has 2 heterocycles. The number of thiazole rings is 1. The van der Waals surface area contributed by atoms with Gasteiger partial charge in [-0.25, -0.2) is 14.8 Å². The minimum atomic E-state index is -1.00. The Balaban J connectivity index is 2.14. The van der Waals surface area contributed by atoms with Gasteiger partial charge >= 0.3 is 5.97 Å². The van der Waals surface area contributed by atoms with Crippen molar-refractivity contribution >= 4 is 23.2 Å². The summed E-state index contributed by atoms with van der Waals surface area (Å²) in [5, 5.41) is 12.4. The van der Waals surface area contributed by atoms with E-state index in [0.29, 0.717) is 16.4 Å². The number of aromatic carboxylic acids is 1. The first-order chi connectivity index (χ1) is 9.88. The van der Waals surface area contributed by atoms with E-state index in [9.17, 15) is 9.59 Å². The van der Waals surface area contributed by atoms with Crippen LogP contribution in [0, 0.1) is 13.8 Å². The number of hydrogen-bond donors (Lipinski definition) is 2. The molecular weight excluding hydrogens is 290 g/mol. The molecule has 0 saturated carbocycles. The van der Waals surface area contributed by atoms with Crippen molar-refractivity contribution in [2.45, 2.75) is 26.8 Å². The second kappa shape index (κ2) is 6.01. The van der Waals surface area contributed by atoms with E-state index in [-0.39, 0.29) is 16.8 Å². The number of aryl methyl sites for hydroxylation is 2. The van der Waals surface area contributed by atoms with Crippen molar-refractivity contribution in [3.05, 3.63) is 45.2 Å². The van der Waals surface area contributed by atoms with Crippen LogP contribution in [0.4, 0.5) is 0 Å². The largest absolute Gasteiger partial charge is 0.477 e. The smallest absolute Gasteiger partial charge is 0.347 e. The van der Waals surface area contributed by atoms with Crippen molar-refractivity contribution in [2.24, 2.45) is 0 Å². The number of nitrogens with one attached hydrogen (secondary N) is 1. The van der Waals surface area contributed by atoms with E-state index in [4.69, 9.17) is 5.11 Å². The zero-order valence-corrected chi connectivity index (χ0v) is 12.7. The van der Waals surface area contributed by atoms with E-state index in [2.05, 4.69) is 15.3 Å². The third-order valence-electron chi connectivity index (χ3n) is 2.85. The zero-order chi connectivity index (χ0) is 15.6. The molecule has 0 fully saturated rings. The van der Waals surface area contributed by atoms with Gasteiger partial charge in [-0.1, -0.05) is 6.07 Å². The third-order valence-corrected chi connectivity index (χ3v) is 4.17. The standard InChI is InChI=1S/C14H15N3O3S/c1-7-5-4-6-10(15-7)12(18)16-9(3)13-17-8(2)11(21-13)14(19)20/h4-6,9H,1-3H3,(H,16,18)(H,19,20). The Morgan fingerprint density at radius 1 is 1.29 bits per heavy atom. The minimum absolute atomic E-state index is 0.194. The summed E-state index contributed by atoms with van der Waals surface area (Å²) < 4.78 is 0. The first-order valence-electron chi connectivity index (χ1n) is 6.33. The molecule has 1 unspecified atom stereocenters. The highest BCUT2D eigenvalue weighted by molar-refractivity contribution is 7.13. The molecule has 2 N–H and O–H groups in total.